The van der Waals surface area contributed by atoms with Crippen LogP contribution in [-0.2, 0) is 19.1 Å². The zero-order valence-electron chi connectivity index (χ0n) is 14.3. The van der Waals surface area contributed by atoms with Gasteiger partial charge in [-0.05, 0) is 12.8 Å². The van der Waals surface area contributed by atoms with Crippen molar-refractivity contribution in [3.8, 4) is 0 Å². The number of amides is 1. The van der Waals surface area contributed by atoms with Crippen LogP contribution in [0.4, 0.5) is 0 Å². The highest BCUT2D eigenvalue weighted by Crippen LogP contribution is 2.23. The Balaban J connectivity index is 2.51. The smallest absolute Gasteiger partial charge is 0.326 e. The van der Waals surface area contributed by atoms with E-state index in [0.29, 0.717) is 12.8 Å². The molecule has 0 aromatic carbocycles. The van der Waals surface area contributed by atoms with Crippen molar-refractivity contribution in [2.75, 3.05) is 6.54 Å². The number of rotatable bonds is 10. The van der Waals surface area contributed by atoms with Crippen LogP contribution >= 0.6 is 0 Å². The maximum atomic E-state index is 12.2. The molecule has 1 rings (SSSR count). The number of hydrogen-bond donors (Lipinski definition) is 1. The number of nitrogens with zero attached hydrogens (tertiary/aromatic N) is 1. The number of carbonyl (C=O) groups excluding carboxylic acids is 2. The summed E-state index contributed by atoms with van der Waals surface area (Å²) in [5, 5.41) is 9.30. The van der Waals surface area contributed by atoms with Crippen molar-refractivity contribution in [2.24, 2.45) is 0 Å². The van der Waals surface area contributed by atoms with Crippen molar-refractivity contribution in [1.29, 1.82) is 0 Å². The molecule has 1 fully saturated rings. The predicted octanol–water partition coefficient (Wildman–Crippen LogP) is 2.74. The molecule has 2 atom stereocenters. The number of carbonyl (C=O) groups is 3. The summed E-state index contributed by atoms with van der Waals surface area (Å²) in [5.74, 6) is -1.48. The van der Waals surface area contributed by atoms with Crippen LogP contribution < -0.4 is 0 Å². The molecule has 23 heavy (non-hydrogen) atoms. The monoisotopic (exact) mass is 327 g/mol. The second kappa shape index (κ2) is 10.2. The lowest BCUT2D eigenvalue weighted by atomic mass is 10.1. The minimum atomic E-state index is -1.03. The van der Waals surface area contributed by atoms with E-state index in [4.69, 9.17) is 4.74 Å². The Morgan fingerprint density at radius 3 is 2.22 bits per heavy atom. The number of aliphatic carboxylic acids is 1. The van der Waals surface area contributed by atoms with Gasteiger partial charge in [-0.3, -0.25) is 9.59 Å². The van der Waals surface area contributed by atoms with Gasteiger partial charge < -0.3 is 14.7 Å². The third-order valence-electron chi connectivity index (χ3n) is 4.14. The first-order chi connectivity index (χ1) is 11.0. The molecule has 132 valence electrons. The first kappa shape index (κ1) is 19.5. The molecule has 1 amide bonds. The van der Waals surface area contributed by atoms with Crippen molar-refractivity contribution in [2.45, 2.75) is 83.8 Å². The first-order valence-corrected chi connectivity index (χ1v) is 8.71. The number of esters is 1. The average Bonchev–Trinajstić information content (AvgIpc) is 2.92. The molecule has 1 heterocycles. The van der Waals surface area contributed by atoms with Gasteiger partial charge in [-0.1, -0.05) is 39.5 Å². The Hall–Kier alpha value is -1.59. The van der Waals surface area contributed by atoms with Gasteiger partial charge in [0.15, 0.2) is 0 Å². The Bertz CT molecular complexity index is 410. The Morgan fingerprint density at radius 1 is 1.04 bits per heavy atom. The van der Waals surface area contributed by atoms with E-state index in [2.05, 4.69) is 13.8 Å². The predicted molar refractivity (Wildman–Crippen MR) is 85.9 cm³/mol. The Labute approximate surface area is 138 Å². The highest BCUT2D eigenvalue weighted by Gasteiger charge is 2.40. The van der Waals surface area contributed by atoms with Gasteiger partial charge >= 0.3 is 11.9 Å². The second-order valence-electron chi connectivity index (χ2n) is 6.16. The summed E-state index contributed by atoms with van der Waals surface area (Å²) in [4.78, 5) is 36.7. The zero-order chi connectivity index (χ0) is 17.2. The van der Waals surface area contributed by atoms with Gasteiger partial charge in [0.05, 0.1) is 6.54 Å². The molecule has 1 aliphatic heterocycles. The van der Waals surface area contributed by atoms with Crippen LogP contribution in [0.2, 0.25) is 0 Å². The molecule has 0 saturated carbocycles. The number of hydrogen-bond acceptors (Lipinski definition) is 4. The molecule has 0 bridgehead atoms. The fourth-order valence-corrected chi connectivity index (χ4v) is 2.83. The second-order valence-corrected chi connectivity index (χ2v) is 6.16. The largest absolute Gasteiger partial charge is 0.480 e. The van der Waals surface area contributed by atoms with Gasteiger partial charge in [-0.25, -0.2) is 4.79 Å². The standard InChI is InChI=1S/C17H29NO5/c1-3-5-7-9-15(19)18-12-13(11-14(18)17(21)22)23-16(20)10-8-6-4-2/h13-14H,3-12H2,1-2H3,(H,21,22)/t13-,14+/m1/s1. The zero-order valence-corrected chi connectivity index (χ0v) is 14.3. The number of carboxylic acids is 1. The van der Waals surface area contributed by atoms with Crippen LogP contribution in [0.1, 0.15) is 71.6 Å². The van der Waals surface area contributed by atoms with Crippen molar-refractivity contribution in [3.63, 3.8) is 0 Å². The first-order valence-electron chi connectivity index (χ1n) is 8.71. The molecule has 0 spiro atoms. The molecule has 1 aliphatic rings. The van der Waals surface area contributed by atoms with Crippen molar-refractivity contribution in [3.05, 3.63) is 0 Å². The van der Waals surface area contributed by atoms with E-state index in [-0.39, 0.29) is 24.8 Å². The molecule has 0 aromatic rings. The topological polar surface area (TPSA) is 83.9 Å². The summed E-state index contributed by atoms with van der Waals surface area (Å²) >= 11 is 0. The van der Waals surface area contributed by atoms with Gasteiger partial charge in [0, 0.05) is 19.3 Å². The number of unbranched alkanes of at least 4 members (excludes halogenated alkanes) is 4. The van der Waals surface area contributed by atoms with Crippen LogP contribution in [0, 0.1) is 0 Å². The van der Waals surface area contributed by atoms with Gasteiger partial charge in [0.25, 0.3) is 0 Å². The SMILES string of the molecule is CCCCCC(=O)O[C@@H]1C[C@@H](C(=O)O)N(C(=O)CCCCC)C1. The van der Waals surface area contributed by atoms with Crippen LogP contribution in [0.3, 0.4) is 0 Å². The van der Waals surface area contributed by atoms with E-state index < -0.39 is 18.1 Å². The lowest BCUT2D eigenvalue weighted by Gasteiger charge is -2.21. The fraction of sp³-hybridized carbons (Fsp3) is 0.824. The molecule has 0 aromatic heterocycles. The van der Waals surface area contributed by atoms with Crippen molar-refractivity contribution >= 4 is 17.8 Å². The highest BCUT2D eigenvalue weighted by molar-refractivity contribution is 5.84. The summed E-state index contributed by atoms with van der Waals surface area (Å²) in [7, 11) is 0. The Kier molecular flexibility index (Phi) is 8.66. The van der Waals surface area contributed by atoms with Gasteiger partial charge in [0.2, 0.25) is 5.91 Å². The molecular weight excluding hydrogens is 298 g/mol. The summed E-state index contributed by atoms with van der Waals surface area (Å²) in [6, 6.07) is -0.877. The van der Waals surface area contributed by atoms with E-state index in [1.54, 1.807) is 0 Å². The maximum Gasteiger partial charge on any atom is 0.326 e. The number of ether oxygens (including phenoxy) is 1. The third kappa shape index (κ3) is 6.59. The quantitative estimate of drug-likeness (QED) is 0.493. The maximum absolute atomic E-state index is 12.2. The van der Waals surface area contributed by atoms with E-state index in [1.807, 2.05) is 0 Å². The normalized spacial score (nSPS) is 20.5. The van der Waals surface area contributed by atoms with Gasteiger partial charge in [-0.2, -0.15) is 0 Å². The summed E-state index contributed by atoms with van der Waals surface area (Å²) in [5.41, 5.74) is 0. The highest BCUT2D eigenvalue weighted by atomic mass is 16.5. The summed E-state index contributed by atoms with van der Waals surface area (Å²) in [6.45, 7) is 4.30. The lowest BCUT2D eigenvalue weighted by molar-refractivity contribution is -0.149. The van der Waals surface area contributed by atoms with Crippen LogP contribution in [0.5, 0.6) is 0 Å². The molecule has 6 nitrogen and oxygen atoms in total. The van der Waals surface area contributed by atoms with E-state index >= 15 is 0 Å². The minimum Gasteiger partial charge on any atom is -0.480 e. The number of carboxylic acid groups (broad SMARTS) is 1. The fourth-order valence-electron chi connectivity index (χ4n) is 2.83. The Morgan fingerprint density at radius 2 is 1.65 bits per heavy atom. The molecule has 6 heteroatoms. The van der Waals surface area contributed by atoms with Crippen molar-refractivity contribution in [1.82, 2.24) is 4.90 Å². The molecule has 0 radical (unpaired) electrons. The molecule has 1 N–H and O–H groups in total. The summed E-state index contributed by atoms with van der Waals surface area (Å²) in [6.07, 6.45) is 5.90. The molecule has 0 aliphatic carbocycles. The molecular formula is C17H29NO5. The van der Waals surface area contributed by atoms with E-state index in [9.17, 15) is 19.5 Å². The minimum absolute atomic E-state index is 0.157. The summed E-state index contributed by atoms with van der Waals surface area (Å²) < 4.78 is 5.35. The average molecular weight is 327 g/mol. The molecule has 0 unspecified atom stereocenters. The van der Waals surface area contributed by atoms with Crippen molar-refractivity contribution < 1.29 is 24.2 Å². The lowest BCUT2D eigenvalue weighted by Crippen LogP contribution is -2.40. The van der Waals surface area contributed by atoms with E-state index in [0.717, 1.165) is 38.5 Å². The van der Waals surface area contributed by atoms with Crippen LogP contribution in [-0.4, -0.2) is 46.5 Å². The number of likely N-dealkylation sites (tertiary alicyclic amines) is 1. The molecule has 1 saturated heterocycles. The van der Waals surface area contributed by atoms with Gasteiger partial charge in [-0.15, -0.1) is 0 Å². The van der Waals surface area contributed by atoms with Crippen LogP contribution in [0.25, 0.3) is 0 Å². The van der Waals surface area contributed by atoms with E-state index in [1.165, 1.54) is 4.90 Å². The third-order valence-corrected chi connectivity index (χ3v) is 4.14. The van der Waals surface area contributed by atoms with Gasteiger partial charge in [0.1, 0.15) is 12.1 Å². The van der Waals surface area contributed by atoms with Crippen LogP contribution in [0.15, 0.2) is 0 Å².